The van der Waals surface area contributed by atoms with Crippen molar-refractivity contribution in [2.75, 3.05) is 27.2 Å². The summed E-state index contributed by atoms with van der Waals surface area (Å²) in [6, 6.07) is 0. The summed E-state index contributed by atoms with van der Waals surface area (Å²) in [5.41, 5.74) is 1.21. The number of hydrogen-bond acceptors (Lipinski definition) is 4. The van der Waals surface area contributed by atoms with Gasteiger partial charge < -0.3 is 14.6 Å². The molecular weight excluding hydrogens is 230 g/mol. The van der Waals surface area contributed by atoms with Gasteiger partial charge in [0.15, 0.2) is 0 Å². The Kier molecular flexibility index (Phi) is 4.36. The molecule has 18 heavy (non-hydrogen) atoms. The molecule has 0 unspecified atom stereocenters. The first-order valence-corrected chi connectivity index (χ1v) is 6.48. The van der Waals surface area contributed by atoms with Crippen molar-refractivity contribution in [3.05, 3.63) is 17.7 Å². The number of nitrogens with one attached hydrogen (secondary N) is 1. The summed E-state index contributed by atoms with van der Waals surface area (Å²) in [5, 5.41) is 0. The molecule has 1 fully saturated rings. The molecule has 0 atom stereocenters. The summed E-state index contributed by atoms with van der Waals surface area (Å²) < 4.78 is 4.62. The summed E-state index contributed by atoms with van der Waals surface area (Å²) in [5.74, 6) is 1.28. The molecule has 1 N–H and O–H groups in total. The van der Waals surface area contributed by atoms with E-state index in [1.54, 1.807) is 0 Å². The van der Waals surface area contributed by atoms with E-state index in [0.29, 0.717) is 18.8 Å². The number of methoxy groups -OCH3 is 1. The predicted octanol–water partition coefficient (Wildman–Crippen LogP) is 1.32. The highest BCUT2D eigenvalue weighted by atomic mass is 16.5. The van der Waals surface area contributed by atoms with Crippen LogP contribution in [0.15, 0.2) is 6.20 Å². The van der Waals surface area contributed by atoms with Gasteiger partial charge in [-0.2, -0.15) is 0 Å². The van der Waals surface area contributed by atoms with Gasteiger partial charge in [0.1, 0.15) is 5.82 Å². The van der Waals surface area contributed by atoms with Gasteiger partial charge >= 0.3 is 5.97 Å². The number of carbonyl (C=O) groups is 1. The lowest BCUT2D eigenvalue weighted by atomic mass is 9.94. The van der Waals surface area contributed by atoms with Crippen molar-refractivity contribution >= 4 is 5.97 Å². The number of esters is 1. The number of imidazole rings is 1. The molecule has 1 aromatic rings. The van der Waals surface area contributed by atoms with Crippen LogP contribution in [0.2, 0.25) is 0 Å². The number of aromatic nitrogens is 2. The van der Waals surface area contributed by atoms with Crippen LogP contribution in [0.5, 0.6) is 0 Å². The summed E-state index contributed by atoms with van der Waals surface area (Å²) in [7, 11) is 3.57. The van der Waals surface area contributed by atoms with E-state index in [2.05, 4.69) is 26.7 Å². The quantitative estimate of drug-likeness (QED) is 0.820. The number of nitrogens with zero attached hydrogens (tertiary/aromatic N) is 2. The molecule has 1 aliphatic heterocycles. The average molecular weight is 251 g/mol. The maximum absolute atomic E-state index is 11.1. The minimum absolute atomic E-state index is 0.188. The molecule has 0 aromatic carbocycles. The Morgan fingerprint density at radius 1 is 1.56 bits per heavy atom. The third kappa shape index (κ3) is 3.32. The summed E-state index contributed by atoms with van der Waals surface area (Å²) in [6.45, 7) is 2.28. The van der Waals surface area contributed by atoms with Gasteiger partial charge in [0.05, 0.1) is 13.5 Å². The van der Waals surface area contributed by atoms with Gasteiger partial charge in [-0.15, -0.1) is 0 Å². The lowest BCUT2D eigenvalue weighted by molar-refractivity contribution is -0.140. The highest BCUT2D eigenvalue weighted by Crippen LogP contribution is 2.26. The van der Waals surface area contributed by atoms with Crippen molar-refractivity contribution in [3.8, 4) is 0 Å². The van der Waals surface area contributed by atoms with Crippen molar-refractivity contribution in [2.24, 2.45) is 0 Å². The lowest BCUT2D eigenvalue weighted by Crippen LogP contribution is -2.29. The molecule has 2 heterocycles. The van der Waals surface area contributed by atoms with Gasteiger partial charge in [-0.1, -0.05) is 0 Å². The van der Waals surface area contributed by atoms with E-state index in [4.69, 9.17) is 0 Å². The molecule has 0 saturated carbocycles. The van der Waals surface area contributed by atoms with Crippen LogP contribution in [0.25, 0.3) is 0 Å². The van der Waals surface area contributed by atoms with E-state index in [0.717, 1.165) is 18.9 Å². The van der Waals surface area contributed by atoms with Crippen molar-refractivity contribution in [1.82, 2.24) is 14.9 Å². The molecule has 100 valence electrons. The highest BCUT2D eigenvalue weighted by molar-refractivity contribution is 5.69. The zero-order valence-electron chi connectivity index (χ0n) is 11.1. The maximum Gasteiger partial charge on any atom is 0.305 e. The number of carbonyl (C=O) groups excluding carboxylic acids is 1. The molecule has 0 spiro atoms. The Bertz CT molecular complexity index is 395. The fourth-order valence-corrected chi connectivity index (χ4v) is 2.36. The molecular formula is C13H21N3O2. The Hall–Kier alpha value is -1.36. The van der Waals surface area contributed by atoms with E-state index in [1.165, 1.54) is 25.6 Å². The number of likely N-dealkylation sites (tertiary alicyclic amines) is 1. The fraction of sp³-hybridized carbons (Fsp3) is 0.692. The molecule has 1 saturated heterocycles. The zero-order chi connectivity index (χ0) is 13.0. The summed E-state index contributed by atoms with van der Waals surface area (Å²) >= 11 is 0. The third-order valence-electron chi connectivity index (χ3n) is 3.60. The van der Waals surface area contributed by atoms with Crippen LogP contribution >= 0.6 is 0 Å². The molecule has 2 rings (SSSR count). The molecule has 0 radical (unpaired) electrons. The Labute approximate surface area is 108 Å². The molecule has 5 heteroatoms. The second-order valence-electron chi connectivity index (χ2n) is 4.94. The second-order valence-corrected chi connectivity index (χ2v) is 4.94. The molecule has 5 nitrogen and oxygen atoms in total. The fourth-order valence-electron chi connectivity index (χ4n) is 2.36. The zero-order valence-corrected chi connectivity index (χ0v) is 11.1. The largest absolute Gasteiger partial charge is 0.469 e. The first-order chi connectivity index (χ1) is 8.69. The van der Waals surface area contributed by atoms with E-state index >= 15 is 0 Å². The molecule has 1 aliphatic rings. The second kappa shape index (κ2) is 6.00. The summed E-state index contributed by atoms with van der Waals surface area (Å²) in [6.07, 6.45) is 5.28. The first kappa shape index (κ1) is 13.1. The predicted molar refractivity (Wildman–Crippen MR) is 68.4 cm³/mol. The maximum atomic E-state index is 11.1. The number of H-pyrrole nitrogens is 1. The van der Waals surface area contributed by atoms with Gasteiger partial charge in [-0.3, -0.25) is 4.79 Å². The molecule has 1 aromatic heterocycles. The van der Waals surface area contributed by atoms with Gasteiger partial charge in [0, 0.05) is 24.2 Å². The third-order valence-corrected chi connectivity index (χ3v) is 3.60. The van der Waals surface area contributed by atoms with Crippen molar-refractivity contribution < 1.29 is 9.53 Å². The average Bonchev–Trinajstić information content (AvgIpc) is 2.85. The van der Waals surface area contributed by atoms with E-state index < -0.39 is 0 Å². The van der Waals surface area contributed by atoms with Crippen LogP contribution in [0.4, 0.5) is 0 Å². The Morgan fingerprint density at radius 3 is 2.94 bits per heavy atom. The van der Waals surface area contributed by atoms with Crippen molar-refractivity contribution in [3.63, 3.8) is 0 Å². The number of hydrogen-bond donors (Lipinski definition) is 1. The standard InChI is InChI=1S/C13H21N3O2/c1-16-7-5-10(6-8-16)11-9-14-12(15-11)3-4-13(17)18-2/h9-10H,3-8H2,1-2H3,(H,14,15). The molecule has 0 amide bonds. The van der Waals surface area contributed by atoms with E-state index in [-0.39, 0.29) is 5.97 Å². The monoisotopic (exact) mass is 251 g/mol. The molecule has 0 aliphatic carbocycles. The van der Waals surface area contributed by atoms with Crippen LogP contribution in [-0.2, 0) is 16.0 Å². The minimum atomic E-state index is -0.188. The van der Waals surface area contributed by atoms with Crippen molar-refractivity contribution in [2.45, 2.75) is 31.6 Å². The lowest BCUT2D eigenvalue weighted by Gasteiger charge is -2.28. The van der Waals surface area contributed by atoms with Gasteiger partial charge in [0.2, 0.25) is 0 Å². The first-order valence-electron chi connectivity index (χ1n) is 6.48. The van der Waals surface area contributed by atoms with Gasteiger partial charge in [0.25, 0.3) is 0 Å². The van der Waals surface area contributed by atoms with Crippen LogP contribution in [0.1, 0.15) is 36.7 Å². The van der Waals surface area contributed by atoms with E-state index in [1.807, 2.05) is 6.20 Å². The number of aromatic amines is 1. The molecule has 0 bridgehead atoms. The normalized spacial score (nSPS) is 17.9. The SMILES string of the molecule is COC(=O)CCc1ncc(C2CCN(C)CC2)[nH]1. The van der Waals surface area contributed by atoms with Crippen LogP contribution < -0.4 is 0 Å². The minimum Gasteiger partial charge on any atom is -0.469 e. The number of piperidine rings is 1. The number of ether oxygens (including phenoxy) is 1. The van der Waals surface area contributed by atoms with Gasteiger partial charge in [-0.05, 0) is 33.0 Å². The Balaban J connectivity index is 1.87. The number of aryl methyl sites for hydroxylation is 1. The smallest absolute Gasteiger partial charge is 0.305 e. The van der Waals surface area contributed by atoms with E-state index in [9.17, 15) is 4.79 Å². The summed E-state index contributed by atoms with van der Waals surface area (Å²) in [4.78, 5) is 21.1. The Morgan fingerprint density at radius 2 is 2.28 bits per heavy atom. The highest BCUT2D eigenvalue weighted by Gasteiger charge is 2.20. The number of rotatable bonds is 4. The van der Waals surface area contributed by atoms with Gasteiger partial charge in [-0.25, -0.2) is 4.98 Å². The topological polar surface area (TPSA) is 58.2 Å². The van der Waals surface area contributed by atoms with Crippen LogP contribution in [-0.4, -0.2) is 48.1 Å². The van der Waals surface area contributed by atoms with Crippen molar-refractivity contribution in [1.29, 1.82) is 0 Å². The van der Waals surface area contributed by atoms with Crippen LogP contribution in [0, 0.1) is 0 Å². The van der Waals surface area contributed by atoms with Crippen LogP contribution in [0.3, 0.4) is 0 Å².